The molecule has 0 unspecified atom stereocenters. The zero-order chi connectivity index (χ0) is 15.5. The van der Waals surface area contributed by atoms with Crippen LogP contribution in [0.15, 0.2) is 40.8 Å². The number of carbonyl (C=O) groups is 1. The Morgan fingerprint density at radius 2 is 1.96 bits per heavy atom. The molecule has 2 heterocycles. The molecule has 2 aromatic rings. The normalized spacial score (nSPS) is 15.0. The van der Waals surface area contributed by atoms with Crippen LogP contribution in [-0.4, -0.2) is 37.0 Å². The maximum absolute atomic E-state index is 12.7. The van der Waals surface area contributed by atoms with Crippen LogP contribution in [0.5, 0.6) is 0 Å². The Bertz CT molecular complexity index is 663. The molecule has 1 aromatic heterocycles. The van der Waals surface area contributed by atoms with Gasteiger partial charge in [-0.1, -0.05) is 12.1 Å². The highest BCUT2D eigenvalue weighted by Crippen LogP contribution is 2.24. The van der Waals surface area contributed by atoms with E-state index in [1.807, 2.05) is 55.3 Å². The molecule has 4 nitrogen and oxygen atoms in total. The molecule has 1 aliphatic heterocycles. The van der Waals surface area contributed by atoms with Gasteiger partial charge in [0.1, 0.15) is 11.5 Å². The molecule has 1 N–H and O–H groups in total. The van der Waals surface area contributed by atoms with Gasteiger partial charge in [-0.25, -0.2) is 0 Å². The largest absolute Gasteiger partial charge is 0.461 e. The second-order valence-corrected chi connectivity index (χ2v) is 5.89. The Kier molecular flexibility index (Phi) is 5.85. The van der Waals surface area contributed by atoms with E-state index in [0.717, 1.165) is 43.0 Å². The number of amides is 1. The van der Waals surface area contributed by atoms with Crippen molar-refractivity contribution in [2.45, 2.75) is 25.8 Å². The zero-order valence-electron chi connectivity index (χ0n) is 13.5. The molecule has 5 heteroatoms. The van der Waals surface area contributed by atoms with Crippen LogP contribution in [0.2, 0.25) is 0 Å². The number of hydrogen-bond donors (Lipinski definition) is 1. The highest BCUT2D eigenvalue weighted by Gasteiger charge is 2.23. The summed E-state index contributed by atoms with van der Waals surface area (Å²) in [6, 6.07) is 11.9. The van der Waals surface area contributed by atoms with Crippen LogP contribution in [0.25, 0.3) is 11.3 Å². The molecule has 23 heavy (non-hydrogen) atoms. The molecule has 1 aliphatic rings. The summed E-state index contributed by atoms with van der Waals surface area (Å²) in [5.74, 6) is 1.76. The Morgan fingerprint density at radius 3 is 2.61 bits per heavy atom. The van der Waals surface area contributed by atoms with Crippen molar-refractivity contribution in [3.63, 3.8) is 0 Å². The molecule has 3 rings (SSSR count). The molecule has 0 aliphatic carbocycles. The predicted molar refractivity (Wildman–Crippen MR) is 94.1 cm³/mol. The average molecular weight is 335 g/mol. The van der Waals surface area contributed by atoms with Crippen LogP contribution in [0.1, 0.15) is 29.0 Å². The van der Waals surface area contributed by atoms with Gasteiger partial charge in [-0.15, -0.1) is 12.4 Å². The summed E-state index contributed by atoms with van der Waals surface area (Å²) in [6.45, 7) is 3.88. The molecule has 0 spiro atoms. The molecule has 1 amide bonds. The number of nitrogens with zero attached hydrogens (tertiary/aromatic N) is 1. The van der Waals surface area contributed by atoms with Crippen molar-refractivity contribution in [1.82, 2.24) is 10.2 Å². The molecule has 0 saturated carbocycles. The maximum atomic E-state index is 12.7. The third-order valence-electron chi connectivity index (χ3n) is 4.31. The fourth-order valence-electron chi connectivity index (χ4n) is 2.96. The van der Waals surface area contributed by atoms with Gasteiger partial charge in [0.25, 0.3) is 5.91 Å². The van der Waals surface area contributed by atoms with Crippen LogP contribution in [-0.2, 0) is 0 Å². The smallest absolute Gasteiger partial charge is 0.253 e. The van der Waals surface area contributed by atoms with Crippen molar-refractivity contribution in [2.24, 2.45) is 0 Å². The quantitative estimate of drug-likeness (QED) is 0.934. The second-order valence-electron chi connectivity index (χ2n) is 5.89. The lowest BCUT2D eigenvalue weighted by Gasteiger charge is -2.31. The van der Waals surface area contributed by atoms with E-state index >= 15 is 0 Å². The SMILES string of the molecule is Cc1ccc(-c2cccc(C(=O)N(C)C3CCNCC3)c2)o1.Cl. The summed E-state index contributed by atoms with van der Waals surface area (Å²) in [6.07, 6.45) is 2.03. The van der Waals surface area contributed by atoms with Crippen molar-refractivity contribution in [3.05, 3.63) is 47.7 Å². The van der Waals surface area contributed by atoms with E-state index in [4.69, 9.17) is 4.42 Å². The van der Waals surface area contributed by atoms with Crippen LogP contribution in [0.3, 0.4) is 0 Å². The summed E-state index contributed by atoms with van der Waals surface area (Å²) < 4.78 is 5.65. The highest BCUT2D eigenvalue weighted by atomic mass is 35.5. The van der Waals surface area contributed by atoms with Gasteiger partial charge in [-0.2, -0.15) is 0 Å². The Hall–Kier alpha value is -1.78. The predicted octanol–water partition coefficient (Wildman–Crippen LogP) is 3.50. The molecule has 1 saturated heterocycles. The minimum atomic E-state index is 0. The Labute approximate surface area is 143 Å². The third kappa shape index (κ3) is 3.95. The molecular weight excluding hydrogens is 312 g/mol. The third-order valence-corrected chi connectivity index (χ3v) is 4.31. The van der Waals surface area contributed by atoms with E-state index in [2.05, 4.69) is 5.32 Å². The van der Waals surface area contributed by atoms with Gasteiger partial charge in [-0.3, -0.25) is 4.79 Å². The molecule has 0 atom stereocenters. The van der Waals surface area contributed by atoms with Crippen LogP contribution in [0.4, 0.5) is 0 Å². The standard InChI is InChI=1S/C18H22N2O2.ClH/c1-13-6-7-17(22-13)14-4-3-5-15(12-14)18(21)20(2)16-8-10-19-11-9-16;/h3-7,12,16,19H,8-11H2,1-2H3;1H. The molecule has 0 bridgehead atoms. The number of nitrogens with one attached hydrogen (secondary N) is 1. The van der Waals surface area contributed by atoms with Crippen molar-refractivity contribution in [2.75, 3.05) is 20.1 Å². The molecular formula is C18H23ClN2O2. The lowest BCUT2D eigenvalue weighted by Crippen LogP contribution is -2.43. The molecule has 1 fully saturated rings. The topological polar surface area (TPSA) is 45.5 Å². The number of halogens is 1. The summed E-state index contributed by atoms with van der Waals surface area (Å²) in [5.41, 5.74) is 1.66. The van der Waals surface area contributed by atoms with E-state index in [9.17, 15) is 4.79 Å². The van der Waals surface area contributed by atoms with Gasteiger partial charge >= 0.3 is 0 Å². The number of benzene rings is 1. The first kappa shape index (κ1) is 17.6. The average Bonchev–Trinajstić information content (AvgIpc) is 3.01. The summed E-state index contributed by atoms with van der Waals surface area (Å²) in [4.78, 5) is 14.6. The van der Waals surface area contributed by atoms with Gasteiger partial charge in [0.2, 0.25) is 0 Å². The van der Waals surface area contributed by atoms with Gasteiger partial charge < -0.3 is 14.6 Å². The van der Waals surface area contributed by atoms with Crippen molar-refractivity contribution in [3.8, 4) is 11.3 Å². The maximum Gasteiger partial charge on any atom is 0.253 e. The van der Waals surface area contributed by atoms with E-state index in [0.29, 0.717) is 11.6 Å². The van der Waals surface area contributed by atoms with E-state index in [1.165, 1.54) is 0 Å². The van der Waals surface area contributed by atoms with Crippen LogP contribution < -0.4 is 5.32 Å². The van der Waals surface area contributed by atoms with E-state index < -0.39 is 0 Å². The van der Waals surface area contributed by atoms with Crippen LogP contribution >= 0.6 is 12.4 Å². The molecule has 124 valence electrons. The number of piperidine rings is 1. The molecule has 1 aromatic carbocycles. The number of furan rings is 1. The van der Waals surface area contributed by atoms with Gasteiger partial charge in [0, 0.05) is 24.2 Å². The first-order chi connectivity index (χ1) is 10.6. The lowest BCUT2D eigenvalue weighted by atomic mass is 10.0. The van der Waals surface area contributed by atoms with Crippen molar-refractivity contribution >= 4 is 18.3 Å². The fourth-order valence-corrected chi connectivity index (χ4v) is 2.96. The number of rotatable bonds is 3. The first-order valence-corrected chi connectivity index (χ1v) is 7.80. The summed E-state index contributed by atoms with van der Waals surface area (Å²) in [7, 11) is 1.90. The number of carbonyl (C=O) groups excluding carboxylic acids is 1. The molecule has 0 radical (unpaired) electrons. The van der Waals surface area contributed by atoms with Gasteiger partial charge in [-0.05, 0) is 57.1 Å². The lowest BCUT2D eigenvalue weighted by molar-refractivity contribution is 0.0703. The van der Waals surface area contributed by atoms with Gasteiger partial charge in [0.15, 0.2) is 0 Å². The van der Waals surface area contributed by atoms with Gasteiger partial charge in [0.05, 0.1) is 0 Å². The van der Waals surface area contributed by atoms with E-state index in [1.54, 1.807) is 0 Å². The summed E-state index contributed by atoms with van der Waals surface area (Å²) >= 11 is 0. The van der Waals surface area contributed by atoms with Crippen molar-refractivity contribution < 1.29 is 9.21 Å². The zero-order valence-corrected chi connectivity index (χ0v) is 14.4. The summed E-state index contributed by atoms with van der Waals surface area (Å²) in [5, 5.41) is 3.33. The number of hydrogen-bond acceptors (Lipinski definition) is 3. The minimum Gasteiger partial charge on any atom is -0.461 e. The first-order valence-electron chi connectivity index (χ1n) is 7.80. The monoisotopic (exact) mass is 334 g/mol. The van der Waals surface area contributed by atoms with E-state index in [-0.39, 0.29) is 18.3 Å². The second kappa shape index (κ2) is 7.66. The fraction of sp³-hybridized carbons (Fsp3) is 0.389. The Morgan fingerprint density at radius 1 is 1.22 bits per heavy atom. The van der Waals surface area contributed by atoms with Crippen LogP contribution in [0, 0.1) is 6.92 Å². The van der Waals surface area contributed by atoms with Crippen molar-refractivity contribution in [1.29, 1.82) is 0 Å². The number of aryl methyl sites for hydroxylation is 1. The highest BCUT2D eigenvalue weighted by molar-refractivity contribution is 5.95. The Balaban J connectivity index is 0.00000192. The minimum absolute atomic E-state index is 0.